The average molecular weight is 907 g/mol. The Morgan fingerprint density at radius 1 is 0.879 bits per heavy atom. The van der Waals surface area contributed by atoms with Crippen LogP contribution in [0.4, 0.5) is 27.2 Å². The summed E-state index contributed by atoms with van der Waals surface area (Å²) in [4.78, 5) is 42.7. The van der Waals surface area contributed by atoms with Gasteiger partial charge in [-0.25, -0.2) is 27.2 Å². The van der Waals surface area contributed by atoms with Crippen molar-refractivity contribution in [3.05, 3.63) is 126 Å². The number of hydrogen-bond acceptors (Lipinski definition) is 10. The first-order valence-corrected chi connectivity index (χ1v) is 22.2. The van der Waals surface area contributed by atoms with E-state index in [0.29, 0.717) is 36.9 Å². The SMILES string of the molecule is CC1(NC(=O)OCCCc2cccc3cccc(-c4ncc5c(OCc6ccccc6)nc(OC[C@@]67CCCN6C[C@H](F)C7)nc5c4F)c23)CN(C(=O)OCc2ccccc2)CC(F)(F)C1. The highest BCUT2D eigenvalue weighted by Crippen LogP contribution is 2.41. The highest BCUT2D eigenvalue weighted by atomic mass is 19.3. The van der Waals surface area contributed by atoms with Gasteiger partial charge in [0.05, 0.1) is 29.6 Å². The van der Waals surface area contributed by atoms with Gasteiger partial charge in [-0.15, -0.1) is 0 Å². The monoisotopic (exact) mass is 906 g/mol. The summed E-state index contributed by atoms with van der Waals surface area (Å²) in [6.45, 7) is 1.69. The molecule has 344 valence electrons. The van der Waals surface area contributed by atoms with Crippen LogP contribution in [0.15, 0.2) is 103 Å². The van der Waals surface area contributed by atoms with Crippen molar-refractivity contribution >= 4 is 33.9 Å². The molecule has 2 amide bonds. The molecule has 3 aliphatic rings. The van der Waals surface area contributed by atoms with Crippen molar-refractivity contribution in [3.8, 4) is 23.1 Å². The van der Waals surface area contributed by atoms with E-state index in [-0.39, 0.29) is 61.5 Å². The zero-order chi connectivity index (χ0) is 45.9. The Kier molecular flexibility index (Phi) is 12.7. The van der Waals surface area contributed by atoms with E-state index >= 15 is 4.39 Å². The third-order valence-electron chi connectivity index (χ3n) is 12.6. The molecule has 0 aliphatic carbocycles. The van der Waals surface area contributed by atoms with Gasteiger partial charge < -0.3 is 24.3 Å². The van der Waals surface area contributed by atoms with Gasteiger partial charge >= 0.3 is 18.2 Å². The lowest BCUT2D eigenvalue weighted by molar-refractivity contribution is -0.0897. The lowest BCUT2D eigenvalue weighted by Gasteiger charge is -2.43. The Hall–Kier alpha value is -6.55. The molecule has 2 aromatic heterocycles. The van der Waals surface area contributed by atoms with Crippen LogP contribution in [0.1, 0.15) is 55.7 Å². The van der Waals surface area contributed by atoms with Gasteiger partial charge in [0.2, 0.25) is 5.88 Å². The largest absolute Gasteiger partial charge is 0.472 e. The summed E-state index contributed by atoms with van der Waals surface area (Å²) < 4.78 is 84.8. The number of aromatic nitrogens is 3. The maximum Gasteiger partial charge on any atom is 0.410 e. The summed E-state index contributed by atoms with van der Waals surface area (Å²) in [5.74, 6) is -3.89. The van der Waals surface area contributed by atoms with Crippen molar-refractivity contribution in [2.45, 2.75) is 81.8 Å². The number of aryl methyl sites for hydroxylation is 1. The molecule has 0 saturated carbocycles. The summed E-state index contributed by atoms with van der Waals surface area (Å²) in [6.07, 6.45) is 0.830. The second-order valence-electron chi connectivity index (χ2n) is 17.8. The minimum Gasteiger partial charge on any atom is -0.472 e. The minimum atomic E-state index is -3.28. The number of hydrogen-bond donors (Lipinski definition) is 1. The highest BCUT2D eigenvalue weighted by Gasteiger charge is 2.50. The van der Waals surface area contributed by atoms with Gasteiger partial charge in [-0.3, -0.25) is 14.8 Å². The van der Waals surface area contributed by atoms with Gasteiger partial charge in [0, 0.05) is 37.7 Å². The van der Waals surface area contributed by atoms with Gasteiger partial charge in [0.25, 0.3) is 5.92 Å². The molecule has 1 N–H and O–H groups in total. The first-order chi connectivity index (χ1) is 31.9. The van der Waals surface area contributed by atoms with E-state index in [1.165, 1.54) is 13.1 Å². The van der Waals surface area contributed by atoms with Crippen LogP contribution < -0.4 is 14.8 Å². The number of nitrogens with one attached hydrogen (secondary N) is 1. The number of halogens is 4. The summed E-state index contributed by atoms with van der Waals surface area (Å²) in [5, 5.41) is 4.37. The predicted molar refractivity (Wildman–Crippen MR) is 239 cm³/mol. The molecule has 1 unspecified atom stereocenters. The molecular formula is C50H50F4N6O6. The van der Waals surface area contributed by atoms with Crippen molar-refractivity contribution in [1.82, 2.24) is 30.1 Å². The number of ether oxygens (including phenoxy) is 4. The van der Waals surface area contributed by atoms with Crippen molar-refractivity contribution in [2.24, 2.45) is 0 Å². The number of likely N-dealkylation sites (tertiary alicyclic amines) is 1. The summed E-state index contributed by atoms with van der Waals surface area (Å²) in [6, 6.07) is 29.5. The predicted octanol–water partition coefficient (Wildman–Crippen LogP) is 9.61. The number of rotatable bonds is 14. The van der Waals surface area contributed by atoms with Crippen LogP contribution in [-0.4, -0.2) is 99.5 Å². The van der Waals surface area contributed by atoms with Crippen LogP contribution in [0.25, 0.3) is 32.9 Å². The normalized spacial score (nSPS) is 21.4. The molecule has 3 saturated heterocycles. The molecule has 12 nitrogen and oxygen atoms in total. The Bertz CT molecular complexity index is 2710. The van der Waals surface area contributed by atoms with Crippen LogP contribution in [0.3, 0.4) is 0 Å². The van der Waals surface area contributed by atoms with Gasteiger partial charge in [0.1, 0.15) is 37.2 Å². The van der Waals surface area contributed by atoms with Crippen LogP contribution in [0, 0.1) is 5.82 Å². The molecule has 0 bridgehead atoms. The highest BCUT2D eigenvalue weighted by molar-refractivity contribution is 6.00. The van der Waals surface area contributed by atoms with Gasteiger partial charge in [-0.2, -0.15) is 9.97 Å². The number of piperidine rings is 1. The molecule has 66 heavy (non-hydrogen) atoms. The molecule has 9 rings (SSSR count). The molecule has 3 atom stereocenters. The number of amides is 2. The van der Waals surface area contributed by atoms with Crippen molar-refractivity contribution in [2.75, 3.05) is 39.4 Å². The number of alkyl halides is 3. The Morgan fingerprint density at radius 2 is 1.62 bits per heavy atom. The fourth-order valence-corrected chi connectivity index (χ4v) is 9.74. The van der Waals surface area contributed by atoms with Crippen molar-refractivity contribution in [3.63, 3.8) is 0 Å². The summed E-state index contributed by atoms with van der Waals surface area (Å²) in [7, 11) is 0. The molecule has 16 heteroatoms. The van der Waals surface area contributed by atoms with Crippen molar-refractivity contribution in [1.29, 1.82) is 0 Å². The first-order valence-electron chi connectivity index (χ1n) is 22.2. The zero-order valence-electron chi connectivity index (χ0n) is 36.5. The van der Waals surface area contributed by atoms with Crippen LogP contribution in [-0.2, 0) is 29.1 Å². The standard InChI is InChI=1S/C50H50F4N6O6/c1-48(29-50(53,54)31-59(30-48)47(62)65-28-34-14-6-3-7-15-34)58-46(61)63-23-10-19-36-17-8-16-35-18-9-20-38(40(35)36)42-41(52)43-39(25-55-42)44(64-27-33-12-4-2-5-13-33)57-45(56-43)66-32-49-21-11-22-60(49)26-37(51)24-49/h2-9,12-18,20,25,37H,10-11,19,21-24,26-32H2,1H3,(H,58,61)/t37-,48?,49+/m1/s1. The number of carbonyl (C=O) groups is 2. The minimum absolute atomic E-state index is 0.0435. The van der Waals surface area contributed by atoms with Crippen molar-refractivity contribution < 1.29 is 46.1 Å². The van der Waals surface area contributed by atoms with Gasteiger partial charge in [-0.1, -0.05) is 97.1 Å². The molecule has 5 heterocycles. The Labute approximate surface area is 379 Å². The molecule has 4 aromatic carbocycles. The topological polar surface area (TPSA) is 128 Å². The average Bonchev–Trinajstić information content (AvgIpc) is 3.83. The number of pyridine rings is 1. The van der Waals surface area contributed by atoms with E-state index < -0.39 is 54.1 Å². The lowest BCUT2D eigenvalue weighted by atomic mass is 9.89. The molecule has 0 radical (unpaired) electrons. The number of benzene rings is 4. The van der Waals surface area contributed by atoms with E-state index in [4.69, 9.17) is 18.9 Å². The second-order valence-corrected chi connectivity index (χ2v) is 17.8. The fourth-order valence-electron chi connectivity index (χ4n) is 9.74. The first kappa shape index (κ1) is 44.6. The number of nitrogens with zero attached hydrogens (tertiary/aromatic N) is 5. The van der Waals surface area contributed by atoms with E-state index in [1.54, 1.807) is 30.3 Å². The molecule has 0 spiro atoms. The van der Waals surface area contributed by atoms with E-state index in [2.05, 4.69) is 25.2 Å². The smallest absolute Gasteiger partial charge is 0.410 e. The van der Waals surface area contributed by atoms with Crippen LogP contribution in [0.5, 0.6) is 11.9 Å². The number of fused-ring (bicyclic) bond motifs is 3. The Balaban J connectivity index is 0.908. The fraction of sp³-hybridized carbons (Fsp3) is 0.380. The second kappa shape index (κ2) is 18.7. The third kappa shape index (κ3) is 9.83. The molecule has 6 aromatic rings. The van der Waals surface area contributed by atoms with E-state index in [0.717, 1.165) is 46.2 Å². The maximum atomic E-state index is 17.1. The number of alkyl carbamates (subject to hydrolysis) is 1. The molecule has 3 fully saturated rings. The van der Waals surface area contributed by atoms with E-state index in [9.17, 15) is 22.8 Å². The summed E-state index contributed by atoms with van der Waals surface area (Å²) in [5.41, 5.74) is 0.944. The Morgan fingerprint density at radius 3 is 2.39 bits per heavy atom. The zero-order valence-corrected chi connectivity index (χ0v) is 36.5. The summed E-state index contributed by atoms with van der Waals surface area (Å²) >= 11 is 0. The number of carbonyl (C=O) groups excluding carboxylic acids is 2. The lowest BCUT2D eigenvalue weighted by Crippen LogP contribution is -2.63. The maximum absolute atomic E-state index is 17.1. The van der Waals surface area contributed by atoms with Gasteiger partial charge in [0.15, 0.2) is 5.82 Å². The van der Waals surface area contributed by atoms with Crippen LogP contribution >= 0.6 is 0 Å². The third-order valence-corrected chi connectivity index (χ3v) is 12.6. The van der Waals surface area contributed by atoms with Crippen LogP contribution in [0.2, 0.25) is 0 Å². The molecular weight excluding hydrogens is 857 g/mol. The molecule has 3 aliphatic heterocycles. The van der Waals surface area contributed by atoms with E-state index in [1.807, 2.05) is 66.7 Å². The quantitative estimate of drug-likeness (QED) is 0.0834. The van der Waals surface area contributed by atoms with Gasteiger partial charge in [-0.05, 0) is 66.6 Å².